The first-order valence-electron chi connectivity index (χ1n) is 9.71. The molecule has 0 saturated carbocycles. The van der Waals surface area contributed by atoms with E-state index in [2.05, 4.69) is 15.0 Å². The van der Waals surface area contributed by atoms with E-state index >= 15 is 0 Å². The number of carbonyl (C=O) groups is 1. The third-order valence-electron chi connectivity index (χ3n) is 5.19. The molecule has 1 saturated heterocycles. The average Bonchev–Trinajstić information content (AvgIpc) is 3.03. The van der Waals surface area contributed by atoms with Gasteiger partial charge in [0.15, 0.2) is 5.65 Å². The number of esters is 1. The SMILES string of the molecule is CCOC(=O)c1cnc2c(c(C)nn2C)c1N1CCOC(c2ccc(F)c(Cl)c2)C1. The molecule has 9 heteroatoms. The zero-order valence-electron chi connectivity index (χ0n) is 17.0. The summed E-state index contributed by atoms with van der Waals surface area (Å²) in [5.74, 6) is -0.905. The van der Waals surface area contributed by atoms with Gasteiger partial charge in [0.1, 0.15) is 17.5 Å². The van der Waals surface area contributed by atoms with E-state index in [1.807, 2.05) is 14.0 Å². The zero-order chi connectivity index (χ0) is 21.4. The Morgan fingerprint density at radius 3 is 2.97 bits per heavy atom. The van der Waals surface area contributed by atoms with Crippen LogP contribution >= 0.6 is 11.6 Å². The molecule has 1 aliphatic heterocycles. The standard InChI is InChI=1S/C21H22ClFN4O3/c1-4-29-21(28)14-10-24-20-18(12(2)25-26(20)3)19(14)27-7-8-30-17(11-27)13-5-6-16(23)15(22)9-13/h5-6,9-10,17H,4,7-8,11H2,1-3H3. The first kappa shape index (κ1) is 20.6. The summed E-state index contributed by atoms with van der Waals surface area (Å²) in [5, 5.41) is 5.33. The van der Waals surface area contributed by atoms with Crippen LogP contribution in [-0.4, -0.2) is 47.0 Å². The highest BCUT2D eigenvalue weighted by atomic mass is 35.5. The number of benzene rings is 1. The maximum absolute atomic E-state index is 13.6. The normalized spacial score (nSPS) is 16.8. The Bertz CT molecular complexity index is 1120. The van der Waals surface area contributed by atoms with Crippen molar-refractivity contribution in [3.8, 4) is 0 Å². The summed E-state index contributed by atoms with van der Waals surface area (Å²) in [6.45, 7) is 5.39. The predicted molar refractivity (Wildman–Crippen MR) is 112 cm³/mol. The highest BCUT2D eigenvalue weighted by Crippen LogP contribution is 2.36. The number of rotatable bonds is 4. The van der Waals surface area contributed by atoms with E-state index in [1.54, 1.807) is 23.7 Å². The van der Waals surface area contributed by atoms with Gasteiger partial charge in [0.25, 0.3) is 0 Å². The zero-order valence-corrected chi connectivity index (χ0v) is 17.7. The molecule has 7 nitrogen and oxygen atoms in total. The molecular formula is C21H22ClFN4O3. The Balaban J connectivity index is 1.79. The summed E-state index contributed by atoms with van der Waals surface area (Å²) in [7, 11) is 1.82. The number of aryl methyl sites for hydroxylation is 2. The first-order chi connectivity index (χ1) is 14.4. The number of morpholine rings is 1. The fourth-order valence-electron chi connectivity index (χ4n) is 3.85. The third kappa shape index (κ3) is 3.61. The quantitative estimate of drug-likeness (QED) is 0.584. The Hall–Kier alpha value is -2.71. The van der Waals surface area contributed by atoms with E-state index in [0.717, 1.165) is 22.3 Å². The van der Waals surface area contributed by atoms with Crippen LogP contribution in [0, 0.1) is 12.7 Å². The van der Waals surface area contributed by atoms with E-state index in [-0.39, 0.29) is 17.7 Å². The van der Waals surface area contributed by atoms with Crippen LogP contribution in [-0.2, 0) is 16.5 Å². The first-order valence-corrected chi connectivity index (χ1v) is 10.1. The van der Waals surface area contributed by atoms with Crippen LogP contribution in [0.2, 0.25) is 5.02 Å². The molecular weight excluding hydrogens is 411 g/mol. The van der Waals surface area contributed by atoms with Crippen LogP contribution in [0.25, 0.3) is 11.0 Å². The van der Waals surface area contributed by atoms with Crippen LogP contribution in [0.5, 0.6) is 0 Å². The van der Waals surface area contributed by atoms with Crippen LogP contribution in [0.4, 0.5) is 10.1 Å². The molecule has 0 aliphatic carbocycles. The van der Waals surface area contributed by atoms with E-state index in [1.165, 1.54) is 12.3 Å². The molecule has 2 aromatic heterocycles. The molecule has 0 radical (unpaired) electrons. The minimum atomic E-state index is -0.473. The molecule has 0 amide bonds. The maximum atomic E-state index is 13.6. The van der Waals surface area contributed by atoms with Gasteiger partial charge in [0.2, 0.25) is 0 Å². The minimum absolute atomic E-state index is 0.0508. The molecule has 1 atom stereocenters. The van der Waals surface area contributed by atoms with E-state index in [9.17, 15) is 9.18 Å². The Kier molecular flexibility index (Phi) is 5.62. The second-order valence-corrected chi connectivity index (χ2v) is 7.53. The van der Waals surface area contributed by atoms with Gasteiger partial charge in [-0.25, -0.2) is 14.2 Å². The van der Waals surface area contributed by atoms with Gasteiger partial charge in [0, 0.05) is 26.3 Å². The monoisotopic (exact) mass is 432 g/mol. The largest absolute Gasteiger partial charge is 0.462 e. The topological polar surface area (TPSA) is 69.5 Å². The summed E-state index contributed by atoms with van der Waals surface area (Å²) in [6, 6.07) is 4.58. The van der Waals surface area contributed by atoms with E-state index in [0.29, 0.717) is 30.9 Å². The number of carbonyl (C=O) groups excluding carboxylic acids is 1. The Morgan fingerprint density at radius 1 is 1.43 bits per heavy atom. The van der Waals surface area contributed by atoms with Crippen molar-refractivity contribution >= 4 is 34.3 Å². The smallest absolute Gasteiger partial charge is 0.341 e. The molecule has 0 bridgehead atoms. The fraction of sp³-hybridized carbons (Fsp3) is 0.381. The van der Waals surface area contributed by atoms with Crippen molar-refractivity contribution in [1.82, 2.24) is 14.8 Å². The number of aromatic nitrogens is 3. The number of hydrogen-bond acceptors (Lipinski definition) is 6. The van der Waals surface area contributed by atoms with Gasteiger partial charge in [-0.05, 0) is 31.5 Å². The number of ether oxygens (including phenoxy) is 2. The van der Waals surface area contributed by atoms with Crippen molar-refractivity contribution < 1.29 is 18.7 Å². The highest BCUT2D eigenvalue weighted by Gasteiger charge is 2.29. The van der Waals surface area contributed by atoms with Crippen molar-refractivity contribution in [1.29, 1.82) is 0 Å². The number of anilines is 1. The number of hydrogen-bond donors (Lipinski definition) is 0. The van der Waals surface area contributed by atoms with Crippen molar-refractivity contribution in [2.45, 2.75) is 20.0 Å². The molecule has 0 N–H and O–H groups in total. The fourth-order valence-corrected chi connectivity index (χ4v) is 4.04. The average molecular weight is 433 g/mol. The van der Waals surface area contributed by atoms with Crippen LogP contribution in [0.1, 0.15) is 34.6 Å². The lowest BCUT2D eigenvalue weighted by atomic mass is 10.0. The summed E-state index contributed by atoms with van der Waals surface area (Å²) in [6.07, 6.45) is 1.21. The number of nitrogens with zero attached hydrogens (tertiary/aromatic N) is 4. The molecule has 30 heavy (non-hydrogen) atoms. The van der Waals surface area contributed by atoms with Gasteiger partial charge in [-0.2, -0.15) is 5.10 Å². The summed E-state index contributed by atoms with van der Waals surface area (Å²) < 4.78 is 26.5. The van der Waals surface area contributed by atoms with Gasteiger partial charge < -0.3 is 14.4 Å². The molecule has 0 spiro atoms. The lowest BCUT2D eigenvalue weighted by Crippen LogP contribution is -2.39. The Morgan fingerprint density at radius 2 is 2.23 bits per heavy atom. The van der Waals surface area contributed by atoms with Crippen LogP contribution in [0.3, 0.4) is 0 Å². The lowest BCUT2D eigenvalue weighted by Gasteiger charge is -2.36. The number of halogens is 2. The molecule has 3 aromatic rings. The van der Waals surface area contributed by atoms with Crippen molar-refractivity contribution in [3.05, 3.63) is 52.1 Å². The van der Waals surface area contributed by atoms with Gasteiger partial charge in [-0.15, -0.1) is 0 Å². The molecule has 1 aliphatic rings. The van der Waals surface area contributed by atoms with Gasteiger partial charge >= 0.3 is 5.97 Å². The summed E-state index contributed by atoms with van der Waals surface area (Å²) in [5.41, 5.74) is 3.35. The number of fused-ring (bicyclic) bond motifs is 1. The van der Waals surface area contributed by atoms with E-state index in [4.69, 9.17) is 21.1 Å². The van der Waals surface area contributed by atoms with E-state index < -0.39 is 11.8 Å². The molecule has 158 valence electrons. The van der Waals surface area contributed by atoms with Crippen molar-refractivity contribution in [2.24, 2.45) is 7.05 Å². The predicted octanol–water partition coefficient (Wildman–Crippen LogP) is 3.82. The lowest BCUT2D eigenvalue weighted by molar-refractivity contribution is 0.0393. The molecule has 1 unspecified atom stereocenters. The van der Waals surface area contributed by atoms with Gasteiger partial charge in [-0.1, -0.05) is 17.7 Å². The minimum Gasteiger partial charge on any atom is -0.462 e. The van der Waals surface area contributed by atoms with Crippen molar-refractivity contribution in [2.75, 3.05) is 31.2 Å². The number of pyridine rings is 1. The van der Waals surface area contributed by atoms with Crippen molar-refractivity contribution in [3.63, 3.8) is 0 Å². The molecule has 1 aromatic carbocycles. The summed E-state index contributed by atoms with van der Waals surface area (Å²) >= 11 is 5.97. The van der Waals surface area contributed by atoms with Crippen LogP contribution in [0.15, 0.2) is 24.4 Å². The Labute approximate surface area is 178 Å². The molecule has 4 rings (SSSR count). The van der Waals surface area contributed by atoms with Gasteiger partial charge in [0.05, 0.1) is 35.0 Å². The second-order valence-electron chi connectivity index (χ2n) is 7.13. The van der Waals surface area contributed by atoms with Crippen LogP contribution < -0.4 is 4.90 Å². The second kappa shape index (κ2) is 8.20. The third-order valence-corrected chi connectivity index (χ3v) is 5.48. The maximum Gasteiger partial charge on any atom is 0.341 e. The molecule has 1 fully saturated rings. The summed E-state index contributed by atoms with van der Waals surface area (Å²) in [4.78, 5) is 19.2. The highest BCUT2D eigenvalue weighted by molar-refractivity contribution is 6.30. The molecule has 3 heterocycles. The van der Waals surface area contributed by atoms with Gasteiger partial charge in [-0.3, -0.25) is 4.68 Å².